The summed E-state index contributed by atoms with van der Waals surface area (Å²) in [6.07, 6.45) is 1.84. The molecule has 1 N–H and O–H groups in total. The van der Waals surface area contributed by atoms with Gasteiger partial charge in [0, 0.05) is 34.6 Å². The molecule has 3 aromatic carbocycles. The van der Waals surface area contributed by atoms with E-state index in [0.29, 0.717) is 27.6 Å². The van der Waals surface area contributed by atoms with E-state index >= 15 is 0 Å². The molecule has 2 atom stereocenters. The number of carbonyl (C=O) groups is 3. The molecule has 0 fully saturated rings. The van der Waals surface area contributed by atoms with Gasteiger partial charge in [-0.05, 0) is 55.7 Å². The summed E-state index contributed by atoms with van der Waals surface area (Å²) in [4.78, 5) is 41.3. The fraction of sp³-hybridized carbons (Fsp3) is 0.323. The van der Waals surface area contributed by atoms with Gasteiger partial charge in [0.15, 0.2) is 5.78 Å². The van der Waals surface area contributed by atoms with Gasteiger partial charge < -0.3 is 10.2 Å². The van der Waals surface area contributed by atoms with Gasteiger partial charge in [-0.1, -0.05) is 78.7 Å². The van der Waals surface area contributed by atoms with Crippen molar-refractivity contribution in [2.24, 2.45) is 0 Å². The summed E-state index contributed by atoms with van der Waals surface area (Å²) in [7, 11) is -3.97. The number of benzene rings is 3. The molecule has 0 unspecified atom stereocenters. The zero-order valence-corrected chi connectivity index (χ0v) is 26.3. The lowest BCUT2D eigenvalue weighted by Gasteiger charge is -2.34. The van der Waals surface area contributed by atoms with E-state index in [1.807, 2.05) is 44.2 Å². The van der Waals surface area contributed by atoms with Crippen molar-refractivity contribution >= 4 is 56.5 Å². The Morgan fingerprint density at radius 3 is 2.24 bits per heavy atom. The summed E-state index contributed by atoms with van der Waals surface area (Å²) in [6.45, 7) is 4.50. The van der Waals surface area contributed by atoms with Crippen LogP contribution in [0.1, 0.15) is 48.7 Å². The Morgan fingerprint density at radius 1 is 0.952 bits per heavy atom. The monoisotopic (exact) mass is 631 g/mol. The van der Waals surface area contributed by atoms with Crippen molar-refractivity contribution in [1.82, 2.24) is 10.2 Å². The highest BCUT2D eigenvalue weighted by Gasteiger charge is 2.34. The summed E-state index contributed by atoms with van der Waals surface area (Å²) in [5.74, 6) is -1.25. The van der Waals surface area contributed by atoms with Crippen LogP contribution in [0.2, 0.25) is 10.0 Å². The molecule has 0 saturated carbocycles. The van der Waals surface area contributed by atoms with Crippen molar-refractivity contribution in [3.8, 4) is 0 Å². The first-order valence-corrected chi connectivity index (χ1v) is 16.1. The number of amides is 2. The number of anilines is 1. The van der Waals surface area contributed by atoms with E-state index in [9.17, 15) is 22.8 Å². The number of hydrogen-bond acceptors (Lipinski definition) is 5. The smallest absolute Gasteiger partial charge is 0.244 e. The highest BCUT2D eigenvalue weighted by Crippen LogP contribution is 2.26. The zero-order chi connectivity index (χ0) is 31.0. The van der Waals surface area contributed by atoms with Crippen molar-refractivity contribution < 1.29 is 22.8 Å². The van der Waals surface area contributed by atoms with Crippen LogP contribution in [0, 0.1) is 0 Å². The lowest BCUT2D eigenvalue weighted by molar-refractivity contribution is -0.140. The zero-order valence-electron chi connectivity index (χ0n) is 24.0. The number of halogens is 2. The van der Waals surface area contributed by atoms with E-state index in [1.165, 1.54) is 24.0 Å². The van der Waals surface area contributed by atoms with Crippen LogP contribution in [-0.4, -0.2) is 55.8 Å². The quantitative estimate of drug-likeness (QED) is 0.250. The summed E-state index contributed by atoms with van der Waals surface area (Å²) in [5, 5.41) is 3.68. The van der Waals surface area contributed by atoms with Crippen LogP contribution in [0.5, 0.6) is 0 Å². The van der Waals surface area contributed by atoms with Gasteiger partial charge in [-0.15, -0.1) is 0 Å². The maximum Gasteiger partial charge on any atom is 0.244 e. The molecule has 11 heteroatoms. The molecule has 0 aromatic heterocycles. The molecule has 0 aliphatic rings. The fourth-order valence-corrected chi connectivity index (χ4v) is 5.63. The van der Waals surface area contributed by atoms with Gasteiger partial charge in [0.2, 0.25) is 21.8 Å². The predicted octanol–water partition coefficient (Wildman–Crippen LogP) is 5.52. The third-order valence-corrected chi connectivity index (χ3v) is 8.58. The molecule has 0 saturated heterocycles. The molecule has 2 amide bonds. The number of rotatable bonds is 13. The average Bonchev–Trinajstić information content (AvgIpc) is 2.94. The van der Waals surface area contributed by atoms with Crippen LogP contribution in [0.15, 0.2) is 72.8 Å². The van der Waals surface area contributed by atoms with Crippen molar-refractivity contribution in [2.75, 3.05) is 17.1 Å². The normalized spacial score (nSPS) is 12.7. The van der Waals surface area contributed by atoms with Crippen LogP contribution in [-0.2, 0) is 32.6 Å². The molecule has 3 rings (SSSR count). The minimum atomic E-state index is -3.97. The minimum Gasteiger partial charge on any atom is -0.352 e. The molecule has 42 heavy (non-hydrogen) atoms. The highest BCUT2D eigenvalue weighted by atomic mass is 35.5. The number of ketones is 1. The Kier molecular flexibility index (Phi) is 11.6. The molecule has 0 spiro atoms. The van der Waals surface area contributed by atoms with E-state index in [4.69, 9.17) is 23.2 Å². The third-order valence-electron chi connectivity index (χ3n) is 6.85. The van der Waals surface area contributed by atoms with Crippen molar-refractivity contribution in [3.05, 3.63) is 99.5 Å². The number of nitrogens with zero attached hydrogens (tertiary/aromatic N) is 2. The Hall–Kier alpha value is -3.40. The SMILES string of the molecule is CC[C@@H](C)NC(=O)[C@@H](Cc1ccccc1)N(Cc1ccc(Cl)cc1Cl)C(=O)CN(c1cccc(C(C)=O)c1)S(C)(=O)=O. The van der Waals surface area contributed by atoms with Crippen LogP contribution < -0.4 is 9.62 Å². The number of hydrogen-bond donors (Lipinski definition) is 1. The topological polar surface area (TPSA) is 104 Å². The molecule has 8 nitrogen and oxygen atoms in total. The molecule has 0 aliphatic heterocycles. The second kappa shape index (κ2) is 14.7. The Bertz CT molecular complexity index is 1530. The van der Waals surface area contributed by atoms with E-state index in [-0.39, 0.29) is 36.4 Å². The van der Waals surface area contributed by atoms with E-state index in [1.54, 1.807) is 30.3 Å². The number of sulfonamides is 1. The van der Waals surface area contributed by atoms with Crippen LogP contribution in [0.25, 0.3) is 0 Å². The summed E-state index contributed by atoms with van der Waals surface area (Å²) in [6, 6.07) is 19.0. The Labute approximate surface area is 257 Å². The van der Waals surface area contributed by atoms with Gasteiger partial charge in [0.05, 0.1) is 11.9 Å². The van der Waals surface area contributed by atoms with Gasteiger partial charge >= 0.3 is 0 Å². The first-order valence-electron chi connectivity index (χ1n) is 13.5. The number of carbonyl (C=O) groups excluding carboxylic acids is 3. The molecular weight excluding hydrogens is 597 g/mol. The number of nitrogens with one attached hydrogen (secondary N) is 1. The summed E-state index contributed by atoms with van der Waals surface area (Å²) >= 11 is 12.6. The average molecular weight is 633 g/mol. The van der Waals surface area contributed by atoms with Gasteiger partial charge in [-0.2, -0.15) is 0 Å². The molecule has 0 heterocycles. The maximum atomic E-state index is 14.2. The molecule has 3 aromatic rings. The van der Waals surface area contributed by atoms with Crippen LogP contribution >= 0.6 is 23.2 Å². The largest absolute Gasteiger partial charge is 0.352 e. The van der Waals surface area contributed by atoms with Crippen LogP contribution in [0.3, 0.4) is 0 Å². The summed E-state index contributed by atoms with van der Waals surface area (Å²) < 4.78 is 26.8. The second-order valence-electron chi connectivity index (χ2n) is 10.2. The minimum absolute atomic E-state index is 0.0780. The highest BCUT2D eigenvalue weighted by molar-refractivity contribution is 7.92. The second-order valence-corrected chi connectivity index (χ2v) is 12.9. The Balaban J connectivity index is 2.11. The van der Waals surface area contributed by atoms with Crippen molar-refractivity contribution in [1.29, 1.82) is 0 Å². The first kappa shape index (κ1) is 33.1. The molecular formula is C31H35Cl2N3O5S. The van der Waals surface area contributed by atoms with E-state index < -0.39 is 28.5 Å². The van der Waals surface area contributed by atoms with Crippen molar-refractivity contribution in [3.63, 3.8) is 0 Å². The lowest BCUT2D eigenvalue weighted by atomic mass is 10.0. The van der Waals surface area contributed by atoms with E-state index in [2.05, 4.69) is 5.32 Å². The Morgan fingerprint density at radius 2 is 1.64 bits per heavy atom. The van der Waals surface area contributed by atoms with Gasteiger partial charge in [-0.25, -0.2) is 8.42 Å². The number of Topliss-reactive ketones (excluding diaryl/α,β-unsaturated/α-hetero) is 1. The van der Waals surface area contributed by atoms with E-state index in [0.717, 1.165) is 16.1 Å². The molecule has 224 valence electrons. The van der Waals surface area contributed by atoms with Gasteiger partial charge in [0.25, 0.3) is 0 Å². The van der Waals surface area contributed by atoms with Crippen LogP contribution in [0.4, 0.5) is 5.69 Å². The van der Waals surface area contributed by atoms with Crippen molar-refractivity contribution in [2.45, 2.75) is 52.2 Å². The lowest BCUT2D eigenvalue weighted by Crippen LogP contribution is -2.54. The molecule has 0 radical (unpaired) electrons. The molecule has 0 bridgehead atoms. The van der Waals surface area contributed by atoms with Gasteiger partial charge in [-0.3, -0.25) is 18.7 Å². The third kappa shape index (κ3) is 9.05. The standard InChI is InChI=1S/C31H35Cl2N3O5S/c1-5-21(2)34-31(39)29(16-23-10-7-6-8-11-23)35(19-25-14-15-26(32)18-28(25)33)30(38)20-36(42(4,40)41)27-13-9-12-24(17-27)22(3)37/h6-15,17-18,21,29H,5,16,19-20H2,1-4H3,(H,34,39)/t21-,29-/m1/s1. The van der Waals surface area contributed by atoms with Gasteiger partial charge in [0.1, 0.15) is 12.6 Å². The first-order chi connectivity index (χ1) is 19.8. The maximum absolute atomic E-state index is 14.2. The predicted molar refractivity (Wildman–Crippen MR) is 167 cm³/mol. The summed E-state index contributed by atoms with van der Waals surface area (Å²) in [5.41, 5.74) is 1.81. The molecule has 0 aliphatic carbocycles. The fourth-order valence-electron chi connectivity index (χ4n) is 4.32.